The standard InChI is InChI=1S/C19H18N6O/c26-19(16-6-7-18(21-12-16)25-13-22-23-14-25)20-9-3-10-24-11-8-15-4-1-2-5-17(15)24/h1-2,4-8,11-14H,3,9-10H2,(H,20,26). The highest BCUT2D eigenvalue weighted by atomic mass is 16.1. The monoisotopic (exact) mass is 346 g/mol. The summed E-state index contributed by atoms with van der Waals surface area (Å²) >= 11 is 0. The van der Waals surface area contributed by atoms with Gasteiger partial charge in [-0.15, -0.1) is 10.2 Å². The summed E-state index contributed by atoms with van der Waals surface area (Å²) in [6.07, 6.45) is 7.63. The van der Waals surface area contributed by atoms with Gasteiger partial charge in [0.15, 0.2) is 0 Å². The van der Waals surface area contributed by atoms with Crippen LogP contribution in [-0.4, -0.2) is 36.8 Å². The highest BCUT2D eigenvalue weighted by Crippen LogP contribution is 2.15. The average molecular weight is 346 g/mol. The minimum absolute atomic E-state index is 0.120. The predicted octanol–water partition coefficient (Wildman–Crippen LogP) is 2.44. The molecule has 0 aliphatic heterocycles. The Morgan fingerprint density at radius 1 is 1.04 bits per heavy atom. The van der Waals surface area contributed by atoms with Crippen molar-refractivity contribution in [3.8, 4) is 5.82 Å². The molecule has 4 rings (SSSR count). The molecule has 130 valence electrons. The molecule has 26 heavy (non-hydrogen) atoms. The van der Waals surface area contributed by atoms with Crippen LogP contribution in [0.1, 0.15) is 16.8 Å². The maximum atomic E-state index is 12.2. The molecule has 0 fully saturated rings. The maximum absolute atomic E-state index is 12.2. The van der Waals surface area contributed by atoms with Crippen molar-refractivity contribution in [2.45, 2.75) is 13.0 Å². The van der Waals surface area contributed by atoms with Crippen molar-refractivity contribution in [2.24, 2.45) is 0 Å². The molecule has 1 aromatic carbocycles. The Morgan fingerprint density at radius 3 is 2.69 bits per heavy atom. The summed E-state index contributed by atoms with van der Waals surface area (Å²) in [6.45, 7) is 1.47. The second-order valence-corrected chi connectivity index (χ2v) is 5.95. The number of rotatable bonds is 6. The number of para-hydroxylation sites is 1. The first-order valence-corrected chi connectivity index (χ1v) is 8.44. The SMILES string of the molecule is O=C(NCCCn1ccc2ccccc21)c1ccc(-n2cnnc2)nc1. The van der Waals surface area contributed by atoms with Gasteiger partial charge in [0.1, 0.15) is 18.5 Å². The largest absolute Gasteiger partial charge is 0.352 e. The summed E-state index contributed by atoms with van der Waals surface area (Å²) < 4.78 is 3.89. The van der Waals surface area contributed by atoms with Crippen LogP contribution in [0.4, 0.5) is 0 Å². The molecule has 1 N–H and O–H groups in total. The van der Waals surface area contributed by atoms with Gasteiger partial charge in [-0.1, -0.05) is 18.2 Å². The normalized spacial score (nSPS) is 10.9. The number of hydrogen-bond acceptors (Lipinski definition) is 4. The Morgan fingerprint density at radius 2 is 1.88 bits per heavy atom. The van der Waals surface area contributed by atoms with Gasteiger partial charge < -0.3 is 9.88 Å². The number of benzene rings is 1. The summed E-state index contributed by atoms with van der Waals surface area (Å²) in [6, 6.07) is 13.9. The first-order chi connectivity index (χ1) is 12.8. The Labute approximate surface area is 150 Å². The van der Waals surface area contributed by atoms with E-state index in [0.717, 1.165) is 13.0 Å². The lowest BCUT2D eigenvalue weighted by molar-refractivity contribution is 0.0952. The number of pyridine rings is 1. The quantitative estimate of drug-likeness (QED) is 0.544. The van der Waals surface area contributed by atoms with Gasteiger partial charge >= 0.3 is 0 Å². The van der Waals surface area contributed by atoms with Gasteiger partial charge in [0.05, 0.1) is 5.56 Å². The van der Waals surface area contributed by atoms with E-state index >= 15 is 0 Å². The Hall–Kier alpha value is -3.48. The number of aryl methyl sites for hydroxylation is 1. The zero-order chi connectivity index (χ0) is 17.8. The fraction of sp³-hybridized carbons (Fsp3) is 0.158. The summed E-state index contributed by atoms with van der Waals surface area (Å²) in [5.41, 5.74) is 1.75. The van der Waals surface area contributed by atoms with Crippen LogP contribution in [0.25, 0.3) is 16.7 Å². The predicted molar refractivity (Wildman–Crippen MR) is 98.0 cm³/mol. The molecule has 0 saturated carbocycles. The molecule has 1 amide bonds. The topological polar surface area (TPSA) is 77.6 Å². The third-order valence-electron chi connectivity index (χ3n) is 4.23. The van der Waals surface area contributed by atoms with Crippen molar-refractivity contribution >= 4 is 16.8 Å². The minimum atomic E-state index is -0.120. The Bertz CT molecular complexity index is 1000. The highest BCUT2D eigenvalue weighted by molar-refractivity contribution is 5.93. The maximum Gasteiger partial charge on any atom is 0.252 e. The summed E-state index contributed by atoms with van der Waals surface area (Å²) in [7, 11) is 0. The number of nitrogens with one attached hydrogen (secondary N) is 1. The number of nitrogens with zero attached hydrogens (tertiary/aromatic N) is 5. The number of hydrogen-bond donors (Lipinski definition) is 1. The molecule has 0 atom stereocenters. The van der Waals surface area contributed by atoms with Crippen molar-refractivity contribution in [3.63, 3.8) is 0 Å². The van der Waals surface area contributed by atoms with Crippen molar-refractivity contribution < 1.29 is 4.79 Å². The smallest absolute Gasteiger partial charge is 0.252 e. The fourth-order valence-electron chi connectivity index (χ4n) is 2.88. The van der Waals surface area contributed by atoms with Crippen molar-refractivity contribution in [1.29, 1.82) is 0 Å². The molecular formula is C19H18N6O. The molecule has 3 aromatic heterocycles. The Kier molecular flexibility index (Phi) is 4.42. The van der Waals surface area contributed by atoms with Crippen LogP contribution in [0.5, 0.6) is 0 Å². The number of amides is 1. The van der Waals surface area contributed by atoms with Crippen LogP contribution >= 0.6 is 0 Å². The number of aromatic nitrogens is 5. The Balaban J connectivity index is 1.30. The molecule has 7 heteroatoms. The van der Waals surface area contributed by atoms with Crippen molar-refractivity contribution in [2.75, 3.05) is 6.54 Å². The van der Waals surface area contributed by atoms with Crippen LogP contribution in [0, 0.1) is 0 Å². The summed E-state index contributed by atoms with van der Waals surface area (Å²) in [4.78, 5) is 16.5. The van der Waals surface area contributed by atoms with Crippen molar-refractivity contribution in [3.05, 3.63) is 73.1 Å². The number of carbonyl (C=O) groups is 1. The molecule has 0 aliphatic rings. The summed E-state index contributed by atoms with van der Waals surface area (Å²) in [5, 5.41) is 11.6. The van der Waals surface area contributed by atoms with E-state index in [1.54, 1.807) is 35.6 Å². The van der Waals surface area contributed by atoms with Crippen LogP contribution < -0.4 is 5.32 Å². The van der Waals surface area contributed by atoms with Gasteiger partial charge in [-0.2, -0.15) is 0 Å². The van der Waals surface area contributed by atoms with E-state index in [1.165, 1.54) is 10.9 Å². The van der Waals surface area contributed by atoms with Crippen LogP contribution in [0.15, 0.2) is 67.5 Å². The second kappa shape index (κ2) is 7.18. The lowest BCUT2D eigenvalue weighted by Gasteiger charge is -2.08. The summed E-state index contributed by atoms with van der Waals surface area (Å²) in [5.74, 6) is 0.552. The van der Waals surface area contributed by atoms with E-state index in [1.807, 2.05) is 12.1 Å². The van der Waals surface area contributed by atoms with Gasteiger partial charge in [0.2, 0.25) is 0 Å². The third-order valence-corrected chi connectivity index (χ3v) is 4.23. The van der Waals surface area contributed by atoms with Crippen LogP contribution in [-0.2, 0) is 6.54 Å². The molecule has 0 saturated heterocycles. The van der Waals surface area contributed by atoms with E-state index in [9.17, 15) is 4.79 Å². The van der Waals surface area contributed by atoms with E-state index in [4.69, 9.17) is 0 Å². The molecule has 0 bridgehead atoms. The van der Waals surface area contributed by atoms with E-state index in [0.29, 0.717) is 17.9 Å². The molecule has 7 nitrogen and oxygen atoms in total. The molecule has 0 aliphatic carbocycles. The van der Waals surface area contributed by atoms with E-state index in [2.05, 4.69) is 49.5 Å². The number of fused-ring (bicyclic) bond motifs is 1. The molecule has 0 unspecified atom stereocenters. The number of carbonyl (C=O) groups excluding carboxylic acids is 1. The van der Waals surface area contributed by atoms with Gasteiger partial charge in [-0.3, -0.25) is 9.36 Å². The molecule has 0 spiro atoms. The van der Waals surface area contributed by atoms with Crippen molar-refractivity contribution in [1.82, 2.24) is 29.6 Å². The average Bonchev–Trinajstić information content (AvgIpc) is 3.35. The molecule has 3 heterocycles. The second-order valence-electron chi connectivity index (χ2n) is 5.95. The van der Waals surface area contributed by atoms with Crippen LogP contribution in [0.3, 0.4) is 0 Å². The third kappa shape index (κ3) is 3.32. The van der Waals surface area contributed by atoms with Gasteiger partial charge in [-0.25, -0.2) is 4.98 Å². The fourth-order valence-corrected chi connectivity index (χ4v) is 2.88. The molecular weight excluding hydrogens is 328 g/mol. The zero-order valence-corrected chi connectivity index (χ0v) is 14.1. The van der Waals surface area contributed by atoms with Gasteiger partial charge in [-0.05, 0) is 36.1 Å². The minimum Gasteiger partial charge on any atom is -0.352 e. The first-order valence-electron chi connectivity index (χ1n) is 8.44. The highest BCUT2D eigenvalue weighted by Gasteiger charge is 2.07. The van der Waals surface area contributed by atoms with Gasteiger partial charge in [0.25, 0.3) is 5.91 Å². The van der Waals surface area contributed by atoms with E-state index < -0.39 is 0 Å². The first kappa shape index (κ1) is 16.0. The molecule has 0 radical (unpaired) electrons. The van der Waals surface area contributed by atoms with Gasteiger partial charge in [0, 0.05) is 31.0 Å². The molecule has 4 aromatic rings. The lowest BCUT2D eigenvalue weighted by Crippen LogP contribution is -2.25. The van der Waals surface area contributed by atoms with E-state index in [-0.39, 0.29) is 5.91 Å². The zero-order valence-electron chi connectivity index (χ0n) is 14.1. The van der Waals surface area contributed by atoms with Crippen LogP contribution in [0.2, 0.25) is 0 Å². The lowest BCUT2D eigenvalue weighted by atomic mass is 10.2.